The van der Waals surface area contributed by atoms with Crippen LogP contribution in [0.3, 0.4) is 0 Å². The maximum Gasteiger partial charge on any atom is 0.500 e. The Labute approximate surface area is 143 Å². The highest BCUT2D eigenvalue weighted by Crippen LogP contribution is 2.34. The van der Waals surface area contributed by atoms with Crippen LogP contribution < -0.4 is 5.73 Å². The molecule has 0 saturated carbocycles. The summed E-state index contributed by atoms with van der Waals surface area (Å²) in [6.07, 6.45) is 5.11. The highest BCUT2D eigenvalue weighted by molar-refractivity contribution is 6.63. The van der Waals surface area contributed by atoms with Gasteiger partial charge < -0.3 is 28.5 Å². The first-order valence-corrected chi connectivity index (χ1v) is 12.6. The van der Waals surface area contributed by atoms with Crippen molar-refractivity contribution in [2.75, 3.05) is 35.5 Å². The van der Waals surface area contributed by atoms with Gasteiger partial charge in [0.05, 0.1) is 8.80 Å². The Kier molecular flexibility index (Phi) is 9.46. The van der Waals surface area contributed by atoms with E-state index in [4.69, 9.17) is 28.5 Å². The van der Waals surface area contributed by atoms with Gasteiger partial charge in [-0.15, -0.1) is 0 Å². The molecule has 1 unspecified atom stereocenters. The van der Waals surface area contributed by atoms with Crippen LogP contribution in [0.25, 0.3) is 0 Å². The molecule has 8 heteroatoms. The van der Waals surface area contributed by atoms with Crippen LogP contribution in [0.1, 0.15) is 32.1 Å². The second-order valence-corrected chi connectivity index (χ2v) is 13.3. The summed E-state index contributed by atoms with van der Waals surface area (Å²) < 4.78 is 27.4. The lowest BCUT2D eigenvalue weighted by atomic mass is 10.1. The van der Waals surface area contributed by atoms with E-state index < -0.39 is 17.6 Å². The van der Waals surface area contributed by atoms with E-state index >= 15 is 0 Å². The molecule has 0 amide bonds. The fourth-order valence-corrected chi connectivity index (χ4v) is 9.60. The Morgan fingerprint density at radius 1 is 1.00 bits per heavy atom. The molecule has 0 aromatic carbocycles. The van der Waals surface area contributed by atoms with Crippen molar-refractivity contribution in [3.8, 4) is 0 Å². The number of ether oxygens (including phenoxy) is 2. The maximum atomic E-state index is 6.90. The van der Waals surface area contributed by atoms with Crippen LogP contribution in [-0.2, 0) is 22.8 Å². The molecule has 1 aliphatic heterocycles. The molecule has 1 rings (SSSR count). The summed E-state index contributed by atoms with van der Waals surface area (Å²) in [6, 6.07) is 3.46. The minimum atomic E-state index is -2.52. The largest absolute Gasteiger partial charge is 0.500 e. The Hall–Kier alpha value is 0.194. The average Bonchev–Trinajstić information content (AvgIpc) is 3.12. The Balaban J connectivity index is 2.69. The predicted molar refractivity (Wildman–Crippen MR) is 96.2 cm³/mol. The second kappa shape index (κ2) is 10.2. The van der Waals surface area contributed by atoms with E-state index in [9.17, 15) is 0 Å². The van der Waals surface area contributed by atoms with Crippen LogP contribution >= 0.6 is 0 Å². The van der Waals surface area contributed by atoms with Gasteiger partial charge in [-0.25, -0.2) is 0 Å². The van der Waals surface area contributed by atoms with Gasteiger partial charge >= 0.3 is 8.80 Å². The van der Waals surface area contributed by atoms with Crippen molar-refractivity contribution in [1.29, 1.82) is 0 Å². The van der Waals surface area contributed by atoms with Crippen LogP contribution in [-0.4, -0.2) is 64.6 Å². The van der Waals surface area contributed by atoms with E-state index in [1.165, 1.54) is 24.9 Å². The summed E-state index contributed by atoms with van der Waals surface area (Å²) >= 11 is 0. The zero-order valence-electron chi connectivity index (χ0n) is 15.4. The Bertz CT molecular complexity index is 315. The molecular formula is C15H35NO5Si2. The summed E-state index contributed by atoms with van der Waals surface area (Å²) in [7, 11) is 4.83. The summed E-state index contributed by atoms with van der Waals surface area (Å²) in [4.78, 5) is 0. The van der Waals surface area contributed by atoms with Gasteiger partial charge in [0.1, 0.15) is 0 Å². The number of nitrogens with two attached hydrogens (primary N) is 1. The second-order valence-electron chi connectivity index (χ2n) is 6.47. The van der Waals surface area contributed by atoms with Crippen molar-refractivity contribution in [2.45, 2.75) is 61.7 Å². The van der Waals surface area contributed by atoms with Crippen LogP contribution in [0.4, 0.5) is 0 Å². The zero-order valence-corrected chi connectivity index (χ0v) is 17.6. The first-order chi connectivity index (χ1) is 11.0. The monoisotopic (exact) mass is 365 g/mol. The minimum Gasteiger partial charge on any atom is -0.377 e. The van der Waals surface area contributed by atoms with Crippen molar-refractivity contribution in [3.05, 3.63) is 0 Å². The fourth-order valence-electron chi connectivity index (χ4n) is 3.74. The molecule has 0 aromatic heterocycles. The molecule has 0 spiro atoms. The molecule has 2 N–H and O–H groups in total. The third-order valence-corrected chi connectivity index (χ3v) is 12.5. The third-order valence-electron chi connectivity index (χ3n) is 5.30. The lowest BCUT2D eigenvalue weighted by Gasteiger charge is -2.37. The predicted octanol–water partition coefficient (Wildman–Crippen LogP) is 1.91. The molecule has 0 aliphatic carbocycles. The summed E-state index contributed by atoms with van der Waals surface area (Å²) in [5.41, 5.74) is 6.90. The molecule has 6 nitrogen and oxygen atoms in total. The van der Waals surface area contributed by atoms with Crippen LogP contribution in [0.2, 0.25) is 18.1 Å². The molecule has 0 radical (unpaired) electrons. The Morgan fingerprint density at radius 3 is 1.96 bits per heavy atom. The Morgan fingerprint density at radius 2 is 1.52 bits per heavy atom. The van der Waals surface area contributed by atoms with Crippen molar-refractivity contribution in [3.63, 3.8) is 0 Å². The SMILES string of the molecule is COC(CC(N)(CCC[Si](OC)(OC)OC)[SiH]1CCCC1)OC. The molecule has 0 bridgehead atoms. The van der Waals surface area contributed by atoms with Crippen molar-refractivity contribution in [2.24, 2.45) is 5.73 Å². The van der Waals surface area contributed by atoms with E-state index in [0.717, 1.165) is 25.3 Å². The van der Waals surface area contributed by atoms with E-state index in [1.54, 1.807) is 35.5 Å². The highest BCUT2D eigenvalue weighted by atomic mass is 28.4. The van der Waals surface area contributed by atoms with Crippen molar-refractivity contribution >= 4 is 17.6 Å². The standard InChI is InChI=1S/C15H35NO5Si2/c1-17-14(18-2)13-15(16,22-10-6-7-11-22)9-8-12-23(19-3,20-4)21-5/h14,22H,6-13,16H2,1-5H3. The van der Waals surface area contributed by atoms with Gasteiger partial charge in [0.25, 0.3) is 0 Å². The average molecular weight is 366 g/mol. The normalized spacial score (nSPS) is 19.4. The minimum absolute atomic E-state index is 0.136. The molecule has 1 atom stereocenters. The van der Waals surface area contributed by atoms with Crippen LogP contribution in [0.15, 0.2) is 0 Å². The fraction of sp³-hybridized carbons (Fsp3) is 1.00. The van der Waals surface area contributed by atoms with Crippen LogP contribution in [0, 0.1) is 0 Å². The topological polar surface area (TPSA) is 72.2 Å². The molecule has 1 saturated heterocycles. The van der Waals surface area contributed by atoms with Gasteiger partial charge in [-0.3, -0.25) is 0 Å². The van der Waals surface area contributed by atoms with Crippen molar-refractivity contribution in [1.82, 2.24) is 0 Å². The lowest BCUT2D eigenvalue weighted by Crippen LogP contribution is -2.55. The number of methoxy groups -OCH3 is 2. The van der Waals surface area contributed by atoms with E-state index in [-0.39, 0.29) is 11.5 Å². The number of hydrogen-bond donors (Lipinski definition) is 1. The lowest BCUT2D eigenvalue weighted by molar-refractivity contribution is -0.112. The zero-order chi connectivity index (χ0) is 17.3. The number of hydrogen-bond acceptors (Lipinski definition) is 6. The van der Waals surface area contributed by atoms with Gasteiger partial charge in [-0.2, -0.15) is 0 Å². The van der Waals surface area contributed by atoms with Gasteiger partial charge in [0.15, 0.2) is 6.29 Å². The number of rotatable bonds is 12. The third kappa shape index (κ3) is 5.89. The molecule has 23 heavy (non-hydrogen) atoms. The molecule has 1 aliphatic rings. The van der Waals surface area contributed by atoms with Crippen LogP contribution in [0.5, 0.6) is 0 Å². The quantitative estimate of drug-likeness (QED) is 0.421. The highest BCUT2D eigenvalue weighted by Gasteiger charge is 2.42. The smallest absolute Gasteiger partial charge is 0.377 e. The molecule has 1 fully saturated rings. The summed E-state index contributed by atoms with van der Waals surface area (Å²) in [5.74, 6) is 0. The first kappa shape index (κ1) is 21.2. The van der Waals surface area contributed by atoms with Gasteiger partial charge in [0, 0.05) is 53.2 Å². The van der Waals surface area contributed by atoms with E-state index in [1.807, 2.05) is 0 Å². The molecular weight excluding hydrogens is 330 g/mol. The van der Waals surface area contributed by atoms with E-state index in [0.29, 0.717) is 0 Å². The first-order valence-electron chi connectivity index (χ1n) is 8.49. The van der Waals surface area contributed by atoms with Gasteiger partial charge in [-0.1, -0.05) is 24.9 Å². The summed E-state index contributed by atoms with van der Waals surface area (Å²) in [6.45, 7) is 0. The van der Waals surface area contributed by atoms with Gasteiger partial charge in [0.2, 0.25) is 0 Å². The van der Waals surface area contributed by atoms with E-state index in [2.05, 4.69) is 0 Å². The molecule has 0 aromatic rings. The molecule has 1 heterocycles. The van der Waals surface area contributed by atoms with Crippen molar-refractivity contribution < 1.29 is 22.8 Å². The van der Waals surface area contributed by atoms with Gasteiger partial charge in [-0.05, 0) is 12.8 Å². The maximum absolute atomic E-state index is 6.90. The molecule has 138 valence electrons. The summed E-state index contributed by atoms with van der Waals surface area (Å²) in [5, 5.41) is -0.136.